The minimum absolute atomic E-state index is 0.303. The van der Waals surface area contributed by atoms with Crippen molar-refractivity contribution in [1.29, 1.82) is 5.26 Å². The van der Waals surface area contributed by atoms with E-state index in [9.17, 15) is 10.1 Å². The van der Waals surface area contributed by atoms with Crippen LogP contribution in [0.25, 0.3) is 5.52 Å². The monoisotopic (exact) mass is 319 g/mol. The van der Waals surface area contributed by atoms with Crippen molar-refractivity contribution in [2.24, 2.45) is 0 Å². The van der Waals surface area contributed by atoms with E-state index in [-0.39, 0.29) is 5.97 Å². The normalized spacial score (nSPS) is 11.8. The van der Waals surface area contributed by atoms with Crippen molar-refractivity contribution in [3.8, 4) is 6.07 Å². The van der Waals surface area contributed by atoms with Crippen LogP contribution in [0, 0.1) is 11.3 Å². The Hall–Kier alpha value is -3.13. The van der Waals surface area contributed by atoms with Gasteiger partial charge < -0.3 is 4.74 Å². The van der Waals surface area contributed by atoms with Gasteiger partial charge in [-0.25, -0.2) is 4.52 Å². The Morgan fingerprint density at radius 3 is 2.79 bits per heavy atom. The molecule has 0 aliphatic rings. The quantitative estimate of drug-likeness (QED) is 0.678. The summed E-state index contributed by atoms with van der Waals surface area (Å²) in [5, 5.41) is 13.8. The van der Waals surface area contributed by atoms with Crippen molar-refractivity contribution < 1.29 is 9.53 Å². The molecule has 3 aromatic rings. The van der Waals surface area contributed by atoms with Gasteiger partial charge in [0, 0.05) is 11.8 Å². The second-order valence-corrected chi connectivity index (χ2v) is 5.41. The number of esters is 1. The molecule has 0 bridgehead atoms. The van der Waals surface area contributed by atoms with Crippen LogP contribution in [0.15, 0.2) is 54.7 Å². The molecular formula is C19H17N3O2. The molecule has 0 unspecified atom stereocenters. The van der Waals surface area contributed by atoms with Crippen LogP contribution in [0.4, 0.5) is 0 Å². The summed E-state index contributed by atoms with van der Waals surface area (Å²) in [6, 6.07) is 17.4. The Kier molecular flexibility index (Phi) is 4.57. The largest absolute Gasteiger partial charge is 0.466 e. The smallest absolute Gasteiger partial charge is 0.313 e. The van der Waals surface area contributed by atoms with Crippen molar-refractivity contribution in [2.75, 3.05) is 6.61 Å². The van der Waals surface area contributed by atoms with Gasteiger partial charge in [-0.05, 0) is 37.1 Å². The molecule has 5 nitrogen and oxygen atoms in total. The zero-order chi connectivity index (χ0) is 16.9. The van der Waals surface area contributed by atoms with Crippen LogP contribution in [0.1, 0.15) is 29.7 Å². The Morgan fingerprint density at radius 2 is 2.08 bits per heavy atom. The molecule has 0 aliphatic heterocycles. The van der Waals surface area contributed by atoms with Gasteiger partial charge in [-0.2, -0.15) is 10.4 Å². The molecule has 0 N–H and O–H groups in total. The van der Waals surface area contributed by atoms with Crippen molar-refractivity contribution >= 4 is 11.5 Å². The van der Waals surface area contributed by atoms with E-state index in [1.165, 1.54) is 0 Å². The number of hydrogen-bond donors (Lipinski definition) is 0. The summed E-state index contributed by atoms with van der Waals surface area (Å²) in [5.41, 5.74) is 2.83. The van der Waals surface area contributed by atoms with E-state index in [1.54, 1.807) is 23.7 Å². The zero-order valence-corrected chi connectivity index (χ0v) is 13.3. The maximum absolute atomic E-state index is 12.5. The number of carbonyl (C=O) groups is 1. The van der Waals surface area contributed by atoms with Crippen molar-refractivity contribution in [3.05, 3.63) is 71.5 Å². The van der Waals surface area contributed by atoms with Crippen LogP contribution in [0.2, 0.25) is 0 Å². The number of hydrogen-bond acceptors (Lipinski definition) is 4. The number of carbonyl (C=O) groups excluding carboxylic acids is 1. The first-order valence-corrected chi connectivity index (χ1v) is 7.82. The van der Waals surface area contributed by atoms with Crippen LogP contribution in [-0.2, 0) is 16.0 Å². The van der Waals surface area contributed by atoms with Gasteiger partial charge in [0.1, 0.15) is 11.8 Å². The van der Waals surface area contributed by atoms with Gasteiger partial charge in [0.05, 0.1) is 18.0 Å². The number of nitrogens with zero attached hydrogens (tertiary/aromatic N) is 3. The summed E-state index contributed by atoms with van der Waals surface area (Å²) in [7, 11) is 0. The molecular weight excluding hydrogens is 302 g/mol. The van der Waals surface area contributed by atoms with E-state index in [2.05, 4.69) is 11.2 Å². The highest BCUT2D eigenvalue weighted by atomic mass is 16.5. The van der Waals surface area contributed by atoms with Gasteiger partial charge in [0.15, 0.2) is 0 Å². The third-order valence-corrected chi connectivity index (χ3v) is 3.90. The molecule has 120 valence electrons. The second kappa shape index (κ2) is 6.97. The summed E-state index contributed by atoms with van der Waals surface area (Å²) in [6.07, 6.45) is 2.10. The highest BCUT2D eigenvalue weighted by Gasteiger charge is 2.27. The highest BCUT2D eigenvalue weighted by molar-refractivity contribution is 5.80. The SMILES string of the molecule is CCOC(=O)[C@@H](Cc1ccccc1)c1cc2cccnn2c1C#N. The Labute approximate surface area is 140 Å². The number of benzene rings is 1. The molecule has 1 atom stereocenters. The highest BCUT2D eigenvalue weighted by Crippen LogP contribution is 2.28. The predicted molar refractivity (Wildman–Crippen MR) is 89.4 cm³/mol. The molecule has 0 aliphatic carbocycles. The first kappa shape index (κ1) is 15.8. The zero-order valence-electron chi connectivity index (χ0n) is 13.3. The standard InChI is InChI=1S/C19H17N3O2/c1-2-24-19(23)17(11-14-7-4-3-5-8-14)16-12-15-9-6-10-21-22(15)18(16)13-20/h3-10,12,17H,2,11H2,1H3/t17-/m0/s1. The number of ether oxygens (including phenoxy) is 1. The van der Waals surface area contributed by atoms with Gasteiger partial charge in [-0.15, -0.1) is 0 Å². The molecule has 0 saturated heterocycles. The second-order valence-electron chi connectivity index (χ2n) is 5.41. The lowest BCUT2D eigenvalue weighted by Crippen LogP contribution is -2.19. The summed E-state index contributed by atoms with van der Waals surface area (Å²) in [4.78, 5) is 12.5. The molecule has 5 heteroatoms. The van der Waals surface area contributed by atoms with Gasteiger partial charge in [-0.3, -0.25) is 4.79 Å². The Balaban J connectivity index is 2.08. The van der Waals surface area contributed by atoms with Crippen LogP contribution in [-0.4, -0.2) is 22.2 Å². The fourth-order valence-corrected chi connectivity index (χ4v) is 2.82. The molecule has 0 radical (unpaired) electrons. The van der Waals surface area contributed by atoms with Gasteiger partial charge in [0.25, 0.3) is 0 Å². The summed E-state index contributed by atoms with van der Waals surface area (Å²) in [5.74, 6) is -0.863. The van der Waals surface area contributed by atoms with Gasteiger partial charge in [0.2, 0.25) is 0 Å². The molecule has 0 fully saturated rings. The third kappa shape index (κ3) is 2.99. The van der Waals surface area contributed by atoms with E-state index in [4.69, 9.17) is 4.74 Å². The van der Waals surface area contributed by atoms with Crippen molar-refractivity contribution in [3.63, 3.8) is 0 Å². The summed E-state index contributed by atoms with van der Waals surface area (Å²) in [6.45, 7) is 2.08. The van der Waals surface area contributed by atoms with Gasteiger partial charge in [-0.1, -0.05) is 30.3 Å². The first-order valence-electron chi connectivity index (χ1n) is 7.82. The summed E-state index contributed by atoms with van der Waals surface area (Å²) >= 11 is 0. The van der Waals surface area contributed by atoms with Crippen LogP contribution < -0.4 is 0 Å². The molecule has 0 saturated carbocycles. The van der Waals surface area contributed by atoms with Gasteiger partial charge >= 0.3 is 5.97 Å². The molecule has 1 aromatic carbocycles. The number of fused-ring (bicyclic) bond motifs is 1. The maximum Gasteiger partial charge on any atom is 0.313 e. The molecule has 24 heavy (non-hydrogen) atoms. The van der Waals surface area contributed by atoms with Crippen LogP contribution in [0.3, 0.4) is 0 Å². The lowest BCUT2D eigenvalue weighted by Gasteiger charge is -2.15. The number of rotatable bonds is 5. The fourth-order valence-electron chi connectivity index (χ4n) is 2.82. The average molecular weight is 319 g/mol. The molecule has 2 aromatic heterocycles. The summed E-state index contributed by atoms with van der Waals surface area (Å²) < 4.78 is 6.81. The first-order chi connectivity index (χ1) is 11.7. The topological polar surface area (TPSA) is 67.4 Å². The molecule has 3 rings (SSSR count). The third-order valence-electron chi connectivity index (χ3n) is 3.90. The molecule has 0 spiro atoms. The molecule has 0 amide bonds. The number of aromatic nitrogens is 2. The minimum Gasteiger partial charge on any atom is -0.466 e. The Bertz CT molecular complexity index is 894. The van der Waals surface area contributed by atoms with Crippen LogP contribution in [0.5, 0.6) is 0 Å². The average Bonchev–Trinajstić information content (AvgIpc) is 2.99. The van der Waals surface area contributed by atoms with E-state index in [0.29, 0.717) is 24.3 Å². The van der Waals surface area contributed by atoms with Crippen molar-refractivity contribution in [2.45, 2.75) is 19.3 Å². The maximum atomic E-state index is 12.5. The lowest BCUT2D eigenvalue weighted by atomic mass is 9.92. The van der Waals surface area contributed by atoms with E-state index in [0.717, 1.165) is 11.1 Å². The number of nitriles is 1. The van der Waals surface area contributed by atoms with E-state index < -0.39 is 5.92 Å². The minimum atomic E-state index is -0.538. The fraction of sp³-hybridized carbons (Fsp3) is 0.211. The Morgan fingerprint density at radius 1 is 1.29 bits per heavy atom. The van der Waals surface area contributed by atoms with E-state index in [1.807, 2.05) is 42.5 Å². The predicted octanol–water partition coefficient (Wildman–Crippen LogP) is 3.10. The van der Waals surface area contributed by atoms with Crippen LogP contribution >= 0.6 is 0 Å². The molecule has 2 heterocycles. The van der Waals surface area contributed by atoms with E-state index >= 15 is 0 Å². The van der Waals surface area contributed by atoms with Crippen molar-refractivity contribution in [1.82, 2.24) is 9.61 Å². The lowest BCUT2D eigenvalue weighted by molar-refractivity contribution is -0.144.